The number of hydrogen-bond acceptors (Lipinski definition) is 6. The Kier molecular flexibility index (Phi) is 4.69. The Morgan fingerprint density at radius 3 is 2.63 bits per heavy atom. The molecule has 0 spiro atoms. The summed E-state index contributed by atoms with van der Waals surface area (Å²) in [5.41, 5.74) is 4.33. The number of nitrogens with one attached hydrogen (secondary N) is 1. The smallest absolute Gasteiger partial charge is 0.231 e. The van der Waals surface area contributed by atoms with Gasteiger partial charge < -0.3 is 14.8 Å². The lowest BCUT2D eigenvalue weighted by molar-refractivity contribution is 0.174. The molecule has 0 atom stereocenters. The van der Waals surface area contributed by atoms with E-state index in [0.29, 0.717) is 18.2 Å². The normalized spacial score (nSPS) is 12.0. The quantitative estimate of drug-likeness (QED) is 0.524. The summed E-state index contributed by atoms with van der Waals surface area (Å²) in [6.45, 7) is 0.702. The zero-order valence-electron chi connectivity index (χ0n) is 15.9. The summed E-state index contributed by atoms with van der Waals surface area (Å²) in [7, 11) is 0. The van der Waals surface area contributed by atoms with Crippen molar-refractivity contribution < 1.29 is 13.9 Å². The fraction of sp³-hybridized carbons (Fsp3) is 0.0870. The maximum absolute atomic E-state index is 13.1. The van der Waals surface area contributed by atoms with Crippen LogP contribution in [0, 0.1) is 5.82 Å². The van der Waals surface area contributed by atoms with Crippen molar-refractivity contribution in [1.29, 1.82) is 0 Å². The maximum Gasteiger partial charge on any atom is 0.231 e. The summed E-state index contributed by atoms with van der Waals surface area (Å²) < 4.78 is 24.0. The van der Waals surface area contributed by atoms with Crippen molar-refractivity contribution in [3.05, 3.63) is 84.6 Å². The monoisotopic (exact) mass is 400 g/mol. The first-order valence-electron chi connectivity index (χ1n) is 9.42. The molecule has 0 saturated carbocycles. The summed E-state index contributed by atoms with van der Waals surface area (Å²) in [4.78, 5) is 13.4. The van der Waals surface area contributed by atoms with Crippen LogP contribution in [-0.2, 0) is 6.54 Å². The Bertz CT molecular complexity index is 1180. The molecule has 0 bridgehead atoms. The molecule has 6 nitrogen and oxygen atoms in total. The Hall–Kier alpha value is -4.00. The van der Waals surface area contributed by atoms with E-state index in [1.807, 2.05) is 30.3 Å². The Balaban J connectivity index is 1.50. The van der Waals surface area contributed by atoms with E-state index >= 15 is 0 Å². The van der Waals surface area contributed by atoms with Crippen LogP contribution in [0.15, 0.2) is 73.2 Å². The van der Waals surface area contributed by atoms with Gasteiger partial charge in [0.2, 0.25) is 12.7 Å². The highest BCUT2D eigenvalue weighted by Crippen LogP contribution is 2.38. The molecule has 1 N–H and O–H groups in total. The molecule has 5 rings (SSSR count). The molecular formula is C23H17FN4O2. The molecule has 1 aliphatic heterocycles. The van der Waals surface area contributed by atoms with Gasteiger partial charge in [0.15, 0.2) is 11.5 Å². The second-order valence-corrected chi connectivity index (χ2v) is 6.75. The largest absolute Gasteiger partial charge is 0.454 e. The molecular weight excluding hydrogens is 383 g/mol. The molecule has 0 aliphatic carbocycles. The number of ether oxygens (including phenoxy) is 2. The first-order valence-corrected chi connectivity index (χ1v) is 9.42. The lowest BCUT2D eigenvalue weighted by Crippen LogP contribution is -2.05. The molecule has 30 heavy (non-hydrogen) atoms. The van der Waals surface area contributed by atoms with Crippen LogP contribution in [0.3, 0.4) is 0 Å². The van der Waals surface area contributed by atoms with E-state index in [4.69, 9.17) is 14.5 Å². The highest BCUT2D eigenvalue weighted by Gasteiger charge is 2.17. The molecule has 3 heterocycles. The van der Waals surface area contributed by atoms with E-state index in [1.54, 1.807) is 30.7 Å². The van der Waals surface area contributed by atoms with Gasteiger partial charge in [0.1, 0.15) is 5.82 Å². The number of benzene rings is 2. The fourth-order valence-electron chi connectivity index (χ4n) is 3.25. The zero-order chi connectivity index (χ0) is 20.3. The summed E-state index contributed by atoms with van der Waals surface area (Å²) in [5, 5.41) is 3.20. The van der Waals surface area contributed by atoms with Crippen molar-refractivity contribution in [3.8, 4) is 33.9 Å². The van der Waals surface area contributed by atoms with Gasteiger partial charge in [-0.25, -0.2) is 14.4 Å². The van der Waals surface area contributed by atoms with Crippen LogP contribution in [0.25, 0.3) is 22.4 Å². The van der Waals surface area contributed by atoms with Gasteiger partial charge in [0.05, 0.1) is 5.69 Å². The van der Waals surface area contributed by atoms with Crippen molar-refractivity contribution >= 4 is 5.95 Å². The van der Waals surface area contributed by atoms with Crippen LogP contribution in [0.2, 0.25) is 0 Å². The standard InChI is InChI=1S/C23H17FN4O2/c24-18-6-3-15(4-7-18)11-26-23-27-13-19(22(28-23)17-2-1-9-25-12-17)16-5-8-20-21(10-16)30-14-29-20/h1-10,12-13H,11,14H2,(H,26,27,28). The van der Waals surface area contributed by atoms with Gasteiger partial charge in [-0.3, -0.25) is 4.98 Å². The third kappa shape index (κ3) is 3.65. The van der Waals surface area contributed by atoms with Crippen molar-refractivity contribution in [3.63, 3.8) is 0 Å². The SMILES string of the molecule is Fc1ccc(CNc2ncc(-c3ccc4c(c3)OCO4)c(-c3cccnc3)n2)cc1. The molecule has 2 aromatic carbocycles. The lowest BCUT2D eigenvalue weighted by atomic mass is 10.0. The molecule has 0 fully saturated rings. The highest BCUT2D eigenvalue weighted by atomic mass is 19.1. The molecule has 0 amide bonds. The number of nitrogens with zero attached hydrogens (tertiary/aromatic N) is 3. The van der Waals surface area contributed by atoms with Crippen molar-refractivity contribution in [2.24, 2.45) is 0 Å². The van der Waals surface area contributed by atoms with E-state index < -0.39 is 0 Å². The van der Waals surface area contributed by atoms with Gasteiger partial charge in [-0.15, -0.1) is 0 Å². The minimum Gasteiger partial charge on any atom is -0.454 e. The van der Waals surface area contributed by atoms with E-state index in [9.17, 15) is 4.39 Å². The van der Waals surface area contributed by atoms with Crippen LogP contribution in [0.4, 0.5) is 10.3 Å². The predicted molar refractivity (Wildman–Crippen MR) is 111 cm³/mol. The number of anilines is 1. The first-order chi connectivity index (χ1) is 14.8. The predicted octanol–water partition coefficient (Wildman–Crippen LogP) is 4.69. The third-order valence-corrected chi connectivity index (χ3v) is 4.77. The van der Waals surface area contributed by atoms with Crippen LogP contribution >= 0.6 is 0 Å². The topological polar surface area (TPSA) is 69.2 Å². The second kappa shape index (κ2) is 7.79. The van der Waals surface area contributed by atoms with Crippen molar-refractivity contribution in [2.45, 2.75) is 6.54 Å². The van der Waals surface area contributed by atoms with Gasteiger partial charge in [-0.2, -0.15) is 0 Å². The molecule has 7 heteroatoms. The van der Waals surface area contributed by atoms with Gasteiger partial charge in [-0.05, 0) is 47.5 Å². The average molecular weight is 400 g/mol. The van der Waals surface area contributed by atoms with E-state index in [2.05, 4.69) is 15.3 Å². The molecule has 148 valence electrons. The lowest BCUT2D eigenvalue weighted by Gasteiger charge is -2.12. The van der Waals surface area contributed by atoms with Crippen LogP contribution < -0.4 is 14.8 Å². The summed E-state index contributed by atoms with van der Waals surface area (Å²) >= 11 is 0. The molecule has 4 aromatic rings. The van der Waals surface area contributed by atoms with Crippen LogP contribution in [0.1, 0.15) is 5.56 Å². The Morgan fingerprint density at radius 2 is 1.80 bits per heavy atom. The van der Waals surface area contributed by atoms with Gasteiger partial charge in [-0.1, -0.05) is 18.2 Å². The molecule has 0 saturated heterocycles. The third-order valence-electron chi connectivity index (χ3n) is 4.77. The molecule has 1 aliphatic rings. The fourth-order valence-corrected chi connectivity index (χ4v) is 3.25. The number of pyridine rings is 1. The van der Waals surface area contributed by atoms with E-state index in [1.165, 1.54) is 12.1 Å². The first kappa shape index (κ1) is 18.1. The van der Waals surface area contributed by atoms with Gasteiger partial charge >= 0.3 is 0 Å². The second-order valence-electron chi connectivity index (χ2n) is 6.75. The van der Waals surface area contributed by atoms with Crippen LogP contribution in [-0.4, -0.2) is 21.7 Å². The molecule has 0 unspecified atom stereocenters. The molecule has 0 radical (unpaired) electrons. The minimum absolute atomic E-state index is 0.219. The number of fused-ring (bicyclic) bond motifs is 1. The summed E-state index contributed by atoms with van der Waals surface area (Å²) in [6, 6.07) is 15.9. The average Bonchev–Trinajstić information content (AvgIpc) is 3.27. The number of halogens is 1. The van der Waals surface area contributed by atoms with Crippen molar-refractivity contribution in [2.75, 3.05) is 12.1 Å². The minimum atomic E-state index is -0.262. The van der Waals surface area contributed by atoms with Crippen LogP contribution in [0.5, 0.6) is 11.5 Å². The number of hydrogen-bond donors (Lipinski definition) is 1. The maximum atomic E-state index is 13.1. The van der Waals surface area contributed by atoms with E-state index in [0.717, 1.165) is 33.7 Å². The number of aromatic nitrogens is 3. The van der Waals surface area contributed by atoms with E-state index in [-0.39, 0.29) is 12.6 Å². The highest BCUT2D eigenvalue weighted by molar-refractivity contribution is 5.81. The van der Waals surface area contributed by atoms with Gasteiger partial charge in [0, 0.05) is 36.3 Å². The summed E-state index contributed by atoms with van der Waals surface area (Å²) in [6.07, 6.45) is 5.26. The van der Waals surface area contributed by atoms with Gasteiger partial charge in [0.25, 0.3) is 0 Å². The molecule has 2 aromatic heterocycles. The zero-order valence-corrected chi connectivity index (χ0v) is 15.9. The Morgan fingerprint density at radius 1 is 0.933 bits per heavy atom. The van der Waals surface area contributed by atoms with Crippen molar-refractivity contribution in [1.82, 2.24) is 15.0 Å². The summed E-state index contributed by atoms with van der Waals surface area (Å²) in [5.74, 6) is 1.63. The Labute approximate surface area is 172 Å². The number of rotatable bonds is 5.